The Kier molecular flexibility index (Phi) is 7.51. The Balaban J connectivity index is 1.61. The SMILES string of the molecule is CC[C@H](NC(=O)OCC1c2ccccc2-c2ccccc21)C(=O)N[C@@H](CC(C)C)C(=O)O. The van der Waals surface area contributed by atoms with Gasteiger partial charge in [-0.3, -0.25) is 4.79 Å². The van der Waals surface area contributed by atoms with Crippen molar-refractivity contribution in [3.05, 3.63) is 59.7 Å². The summed E-state index contributed by atoms with van der Waals surface area (Å²) in [6.07, 6.45) is -0.0865. The maximum atomic E-state index is 12.5. The van der Waals surface area contributed by atoms with Gasteiger partial charge in [0.15, 0.2) is 0 Å². The van der Waals surface area contributed by atoms with Gasteiger partial charge in [-0.2, -0.15) is 0 Å². The number of carboxylic acid groups (broad SMARTS) is 1. The van der Waals surface area contributed by atoms with Crippen molar-refractivity contribution in [1.29, 1.82) is 0 Å². The molecule has 0 aromatic heterocycles. The third-order valence-electron chi connectivity index (χ3n) is 5.68. The van der Waals surface area contributed by atoms with E-state index in [0.29, 0.717) is 12.8 Å². The van der Waals surface area contributed by atoms with E-state index < -0.39 is 30.1 Å². The molecule has 3 rings (SSSR count). The summed E-state index contributed by atoms with van der Waals surface area (Å²) in [6, 6.07) is 14.2. The number of alkyl carbamates (subject to hydrolysis) is 1. The number of carbonyl (C=O) groups excluding carboxylic acids is 2. The van der Waals surface area contributed by atoms with Crippen molar-refractivity contribution in [3.63, 3.8) is 0 Å². The van der Waals surface area contributed by atoms with Crippen molar-refractivity contribution in [2.75, 3.05) is 6.61 Å². The standard InChI is InChI=1S/C25H30N2O5/c1-4-21(23(28)26-22(24(29)30)13-15(2)3)27-25(31)32-14-20-18-11-7-5-9-16(18)17-10-6-8-12-19(17)20/h5-12,15,20-22H,4,13-14H2,1-3H3,(H,26,28)(H,27,31)(H,29,30)/t21-,22-/m0/s1. The number of nitrogens with one attached hydrogen (secondary N) is 2. The van der Waals surface area contributed by atoms with Crippen LogP contribution in [-0.4, -0.2) is 41.8 Å². The molecule has 0 bridgehead atoms. The zero-order chi connectivity index (χ0) is 23.3. The van der Waals surface area contributed by atoms with Gasteiger partial charge in [0, 0.05) is 5.92 Å². The molecule has 7 heteroatoms. The molecule has 0 heterocycles. The lowest BCUT2D eigenvalue weighted by Gasteiger charge is -2.22. The van der Waals surface area contributed by atoms with Crippen molar-refractivity contribution >= 4 is 18.0 Å². The second-order valence-electron chi connectivity index (χ2n) is 8.46. The summed E-state index contributed by atoms with van der Waals surface area (Å²) in [6.45, 7) is 5.65. The molecule has 32 heavy (non-hydrogen) atoms. The summed E-state index contributed by atoms with van der Waals surface area (Å²) in [7, 11) is 0. The van der Waals surface area contributed by atoms with E-state index in [1.165, 1.54) is 0 Å². The largest absolute Gasteiger partial charge is 0.480 e. The van der Waals surface area contributed by atoms with Crippen molar-refractivity contribution in [3.8, 4) is 11.1 Å². The van der Waals surface area contributed by atoms with Gasteiger partial charge in [0.05, 0.1) is 0 Å². The first-order valence-corrected chi connectivity index (χ1v) is 11.0. The van der Waals surface area contributed by atoms with Gasteiger partial charge >= 0.3 is 12.1 Å². The Morgan fingerprint density at radius 3 is 2.00 bits per heavy atom. The van der Waals surface area contributed by atoms with Crippen LogP contribution in [0.1, 0.15) is 50.7 Å². The minimum atomic E-state index is -1.09. The van der Waals surface area contributed by atoms with Gasteiger partial charge < -0.3 is 20.5 Å². The van der Waals surface area contributed by atoms with Gasteiger partial charge in [-0.15, -0.1) is 0 Å². The summed E-state index contributed by atoms with van der Waals surface area (Å²) in [4.78, 5) is 36.4. The topological polar surface area (TPSA) is 105 Å². The van der Waals surface area contributed by atoms with Gasteiger partial charge in [-0.25, -0.2) is 9.59 Å². The Bertz CT molecular complexity index is 942. The minimum Gasteiger partial charge on any atom is -0.480 e. The number of carbonyl (C=O) groups is 3. The molecule has 0 fully saturated rings. The van der Waals surface area contributed by atoms with Crippen LogP contribution in [0.15, 0.2) is 48.5 Å². The number of fused-ring (bicyclic) bond motifs is 3. The highest BCUT2D eigenvalue weighted by molar-refractivity contribution is 5.89. The number of hydrogen-bond acceptors (Lipinski definition) is 4. The van der Waals surface area contributed by atoms with Crippen LogP contribution in [-0.2, 0) is 14.3 Å². The van der Waals surface area contributed by atoms with Crippen molar-refractivity contribution in [1.82, 2.24) is 10.6 Å². The lowest BCUT2D eigenvalue weighted by molar-refractivity contribution is -0.142. The lowest BCUT2D eigenvalue weighted by atomic mass is 9.98. The van der Waals surface area contributed by atoms with Crippen LogP contribution in [0.4, 0.5) is 4.79 Å². The average molecular weight is 439 g/mol. The Hall–Kier alpha value is -3.35. The molecular formula is C25H30N2O5. The Morgan fingerprint density at radius 1 is 0.938 bits per heavy atom. The van der Waals surface area contributed by atoms with Gasteiger partial charge in [0.1, 0.15) is 18.7 Å². The van der Waals surface area contributed by atoms with Gasteiger partial charge in [0.2, 0.25) is 5.91 Å². The van der Waals surface area contributed by atoms with Crippen LogP contribution in [0.25, 0.3) is 11.1 Å². The molecule has 0 saturated heterocycles. The highest BCUT2D eigenvalue weighted by atomic mass is 16.5. The van der Waals surface area contributed by atoms with Crippen LogP contribution in [0, 0.1) is 5.92 Å². The molecule has 1 aliphatic carbocycles. The molecule has 0 radical (unpaired) electrons. The number of carboxylic acids is 1. The number of aliphatic carboxylic acids is 1. The fraction of sp³-hybridized carbons (Fsp3) is 0.400. The van der Waals surface area contributed by atoms with Gasteiger partial charge in [-0.05, 0) is 41.0 Å². The smallest absolute Gasteiger partial charge is 0.407 e. The number of hydrogen-bond donors (Lipinski definition) is 3. The molecule has 0 saturated carbocycles. The van der Waals surface area contributed by atoms with Gasteiger partial charge in [-0.1, -0.05) is 69.3 Å². The summed E-state index contributed by atoms with van der Waals surface area (Å²) >= 11 is 0. The molecule has 170 valence electrons. The highest BCUT2D eigenvalue weighted by Crippen LogP contribution is 2.44. The molecule has 3 N–H and O–H groups in total. The summed E-state index contributed by atoms with van der Waals surface area (Å²) in [5.74, 6) is -1.60. The average Bonchev–Trinajstić information content (AvgIpc) is 3.09. The van der Waals surface area contributed by atoms with E-state index in [-0.39, 0.29) is 18.4 Å². The van der Waals surface area contributed by atoms with Crippen molar-refractivity contribution in [2.45, 2.75) is 51.6 Å². The fourth-order valence-electron chi connectivity index (χ4n) is 4.10. The predicted molar refractivity (Wildman–Crippen MR) is 121 cm³/mol. The fourth-order valence-corrected chi connectivity index (χ4v) is 4.10. The number of ether oxygens (including phenoxy) is 1. The molecule has 0 aliphatic heterocycles. The predicted octanol–water partition coefficient (Wildman–Crippen LogP) is 3.92. The maximum Gasteiger partial charge on any atom is 0.407 e. The first-order chi connectivity index (χ1) is 15.3. The second-order valence-corrected chi connectivity index (χ2v) is 8.46. The third-order valence-corrected chi connectivity index (χ3v) is 5.68. The van der Waals surface area contributed by atoms with E-state index in [1.54, 1.807) is 6.92 Å². The molecular weight excluding hydrogens is 408 g/mol. The first-order valence-electron chi connectivity index (χ1n) is 11.0. The maximum absolute atomic E-state index is 12.5. The van der Waals surface area contributed by atoms with Crippen LogP contribution in [0.2, 0.25) is 0 Å². The number of amides is 2. The van der Waals surface area contributed by atoms with Crippen LogP contribution < -0.4 is 10.6 Å². The molecule has 2 aromatic carbocycles. The minimum absolute atomic E-state index is 0.0792. The third kappa shape index (κ3) is 5.28. The zero-order valence-electron chi connectivity index (χ0n) is 18.6. The highest BCUT2D eigenvalue weighted by Gasteiger charge is 2.30. The molecule has 7 nitrogen and oxygen atoms in total. The summed E-state index contributed by atoms with van der Waals surface area (Å²) in [5, 5.41) is 14.4. The number of rotatable bonds is 9. The van der Waals surface area contributed by atoms with Crippen molar-refractivity contribution in [2.24, 2.45) is 5.92 Å². The first kappa shape index (κ1) is 23.3. The van der Waals surface area contributed by atoms with E-state index in [0.717, 1.165) is 22.3 Å². The van der Waals surface area contributed by atoms with Crippen LogP contribution in [0.3, 0.4) is 0 Å². The van der Waals surface area contributed by atoms with E-state index in [9.17, 15) is 19.5 Å². The second kappa shape index (κ2) is 10.3. The molecule has 0 spiro atoms. The van der Waals surface area contributed by atoms with Gasteiger partial charge in [0.25, 0.3) is 0 Å². The van der Waals surface area contributed by atoms with E-state index >= 15 is 0 Å². The number of benzene rings is 2. The molecule has 0 unspecified atom stereocenters. The normalized spacial score (nSPS) is 14.2. The molecule has 2 amide bonds. The van der Waals surface area contributed by atoms with E-state index in [2.05, 4.69) is 22.8 Å². The van der Waals surface area contributed by atoms with Crippen LogP contribution >= 0.6 is 0 Å². The summed E-state index contributed by atoms with van der Waals surface area (Å²) in [5.41, 5.74) is 4.47. The van der Waals surface area contributed by atoms with E-state index in [4.69, 9.17) is 4.74 Å². The lowest BCUT2D eigenvalue weighted by Crippen LogP contribution is -2.51. The quantitative estimate of drug-likeness (QED) is 0.550. The molecule has 2 atom stereocenters. The molecule has 1 aliphatic rings. The Morgan fingerprint density at radius 2 is 1.50 bits per heavy atom. The van der Waals surface area contributed by atoms with E-state index in [1.807, 2.05) is 50.2 Å². The molecule has 2 aromatic rings. The zero-order valence-corrected chi connectivity index (χ0v) is 18.6. The van der Waals surface area contributed by atoms with Crippen molar-refractivity contribution < 1.29 is 24.2 Å². The summed E-state index contributed by atoms with van der Waals surface area (Å²) < 4.78 is 5.49. The monoisotopic (exact) mass is 438 g/mol. The van der Waals surface area contributed by atoms with Crippen LogP contribution in [0.5, 0.6) is 0 Å². The Labute approximate surface area is 188 Å².